The molecule has 0 spiro atoms. The number of carbonyl (C=O) groups excluding carboxylic acids is 1. The van der Waals surface area contributed by atoms with Gasteiger partial charge in [-0.25, -0.2) is 4.57 Å². The van der Waals surface area contributed by atoms with Gasteiger partial charge in [0.15, 0.2) is 0 Å². The number of aliphatic hydroxyl groups excluding tert-OH is 5. The van der Waals surface area contributed by atoms with Crippen molar-refractivity contribution in [1.29, 1.82) is 0 Å². The molecule has 1 rings (SSSR count). The molecule has 68 heavy (non-hydrogen) atoms. The predicted molar refractivity (Wildman–Crippen MR) is 276 cm³/mol. The molecule has 6 atom stereocenters. The third-order valence-corrected chi connectivity index (χ3v) is 12.4. The van der Waals surface area contributed by atoms with Gasteiger partial charge in [0.1, 0.15) is 42.7 Å². The second-order valence-electron chi connectivity index (χ2n) is 17.6. The van der Waals surface area contributed by atoms with Crippen LogP contribution in [0.2, 0.25) is 0 Å². The highest BCUT2D eigenvalue weighted by atomic mass is 31.2. The fraction of sp³-hybridized carbons (Fsp3) is 0.691. The summed E-state index contributed by atoms with van der Waals surface area (Å²) in [5, 5.41) is 50.3. The summed E-state index contributed by atoms with van der Waals surface area (Å²) in [5.41, 5.74) is 0. The third kappa shape index (κ3) is 35.4. The van der Waals surface area contributed by atoms with E-state index in [9.17, 15) is 39.8 Å². The average Bonchev–Trinajstić information content (AvgIpc) is 3.32. The molecule has 390 valence electrons. The molecule has 0 bridgehead atoms. The van der Waals surface area contributed by atoms with E-state index in [1.54, 1.807) is 0 Å². The highest BCUT2D eigenvalue weighted by Crippen LogP contribution is 2.47. The summed E-state index contributed by atoms with van der Waals surface area (Å²) in [4.78, 5) is 23.3. The molecule has 13 heteroatoms. The Morgan fingerprint density at radius 2 is 0.868 bits per heavy atom. The van der Waals surface area contributed by atoms with E-state index in [-0.39, 0.29) is 13.0 Å². The molecule has 1 fully saturated rings. The van der Waals surface area contributed by atoms with E-state index in [2.05, 4.69) is 111 Å². The molecular weight excluding hydrogens is 884 g/mol. The number of carbonyl (C=O) groups is 1. The number of ether oxygens (including phenoxy) is 2. The summed E-state index contributed by atoms with van der Waals surface area (Å²) in [7, 11) is -5.04. The molecule has 0 aromatic heterocycles. The maximum absolute atomic E-state index is 12.9. The van der Waals surface area contributed by atoms with Gasteiger partial charge in [0.05, 0.1) is 13.2 Å². The third-order valence-electron chi connectivity index (χ3n) is 11.4. The summed E-state index contributed by atoms with van der Waals surface area (Å²) in [6.07, 6.45) is 48.9. The Bertz CT molecular complexity index is 1490. The van der Waals surface area contributed by atoms with Crippen molar-refractivity contribution in [3.8, 4) is 0 Å². The van der Waals surface area contributed by atoms with Crippen molar-refractivity contribution < 1.29 is 58.3 Å². The predicted octanol–water partition coefficient (Wildman–Crippen LogP) is 11.9. The zero-order chi connectivity index (χ0) is 49.8. The van der Waals surface area contributed by atoms with E-state index in [0.717, 1.165) is 109 Å². The van der Waals surface area contributed by atoms with Gasteiger partial charge in [-0.3, -0.25) is 13.8 Å². The van der Waals surface area contributed by atoms with E-state index in [4.69, 9.17) is 18.5 Å². The minimum atomic E-state index is -5.04. The van der Waals surface area contributed by atoms with Crippen LogP contribution in [-0.4, -0.2) is 98.9 Å². The van der Waals surface area contributed by atoms with Gasteiger partial charge in [0, 0.05) is 13.0 Å². The molecule has 1 saturated carbocycles. The smallest absolute Gasteiger partial charge is 0.457 e. The van der Waals surface area contributed by atoms with Crippen LogP contribution in [0.5, 0.6) is 0 Å². The van der Waals surface area contributed by atoms with Crippen LogP contribution in [0.3, 0.4) is 0 Å². The van der Waals surface area contributed by atoms with Gasteiger partial charge in [0.25, 0.3) is 0 Å². The molecule has 0 saturated heterocycles. The van der Waals surface area contributed by atoms with E-state index in [1.807, 2.05) is 0 Å². The Morgan fingerprint density at radius 3 is 1.32 bits per heavy atom. The van der Waals surface area contributed by atoms with Crippen molar-refractivity contribution in [3.63, 3.8) is 0 Å². The van der Waals surface area contributed by atoms with E-state index in [0.29, 0.717) is 13.0 Å². The highest BCUT2D eigenvalue weighted by molar-refractivity contribution is 7.47. The highest BCUT2D eigenvalue weighted by Gasteiger charge is 2.51. The van der Waals surface area contributed by atoms with Gasteiger partial charge < -0.3 is 39.9 Å². The number of esters is 1. The maximum Gasteiger partial charge on any atom is 0.472 e. The maximum atomic E-state index is 12.9. The molecule has 0 aliphatic heterocycles. The monoisotopic (exact) mass is 977 g/mol. The molecule has 1 aliphatic carbocycles. The Balaban J connectivity index is 2.38. The van der Waals surface area contributed by atoms with Crippen LogP contribution in [0.1, 0.15) is 181 Å². The second kappa shape index (κ2) is 44.2. The first-order chi connectivity index (χ1) is 33.0. The first-order valence-corrected chi connectivity index (χ1v) is 27.6. The standard InChI is InChI=1S/C55H93O12P/c1-3-5-7-9-11-13-15-17-19-21-23-25-26-28-30-32-34-36-38-40-42-44-49(56)66-48(47-65-68(62,63)67-55-53(60)51(58)50(57)52(59)54(55)61)46-64-45-43-41-39-37-35-33-31-29-27-24-22-20-18-16-14-12-10-8-6-4-2/h5,7,11-14,17-20,23-25,27-28,30,48,50-55,57-61H,3-4,6,8-10,15-16,21-22,26,29,31-47H2,1-2H3,(H,62,63)/b7-5-,13-11-,14-12-,19-17-,20-18-,25-23-,27-24-,30-28-. The number of unbranched alkanes of at least 4 members (excludes halogenated alkanes) is 15. The van der Waals surface area contributed by atoms with Crippen molar-refractivity contribution >= 4 is 13.8 Å². The number of rotatable bonds is 43. The Labute approximate surface area is 411 Å². The topological polar surface area (TPSA) is 192 Å². The number of hydrogen-bond donors (Lipinski definition) is 6. The molecule has 12 nitrogen and oxygen atoms in total. The summed E-state index contributed by atoms with van der Waals surface area (Å²) < 4.78 is 34.3. The SMILES string of the molecule is CC/C=C\C/C=C\C/C=C\C/C=C\C/C=C\CCCCCCCC(=O)OC(COCCCCCCCCC/C=C\C/C=C\C/C=C\CCCCC)COP(=O)(O)OC1C(O)C(O)C(O)C(O)C1O. The molecule has 6 N–H and O–H groups in total. The van der Waals surface area contributed by atoms with Crippen LogP contribution >= 0.6 is 7.82 Å². The lowest BCUT2D eigenvalue weighted by Gasteiger charge is -2.41. The lowest BCUT2D eigenvalue weighted by Crippen LogP contribution is -2.64. The fourth-order valence-electron chi connectivity index (χ4n) is 7.33. The van der Waals surface area contributed by atoms with Crippen LogP contribution in [0.4, 0.5) is 0 Å². The lowest BCUT2D eigenvalue weighted by molar-refractivity contribution is -0.220. The Morgan fingerprint density at radius 1 is 0.485 bits per heavy atom. The molecule has 0 aromatic rings. The number of hydrogen-bond acceptors (Lipinski definition) is 11. The second-order valence-corrected chi connectivity index (χ2v) is 19.0. The van der Waals surface area contributed by atoms with Crippen LogP contribution in [-0.2, 0) is 27.9 Å². The molecular formula is C55H93O12P. The van der Waals surface area contributed by atoms with Gasteiger partial charge >= 0.3 is 13.8 Å². The van der Waals surface area contributed by atoms with E-state index >= 15 is 0 Å². The first-order valence-electron chi connectivity index (χ1n) is 26.1. The zero-order valence-corrected chi connectivity index (χ0v) is 42.8. The summed E-state index contributed by atoms with van der Waals surface area (Å²) in [6, 6.07) is 0. The lowest BCUT2D eigenvalue weighted by atomic mass is 9.85. The van der Waals surface area contributed by atoms with E-state index < -0.39 is 63.1 Å². The number of aliphatic hydroxyl groups is 5. The molecule has 6 unspecified atom stereocenters. The largest absolute Gasteiger partial charge is 0.472 e. The van der Waals surface area contributed by atoms with Gasteiger partial charge in [-0.15, -0.1) is 0 Å². The van der Waals surface area contributed by atoms with Crippen LogP contribution in [0, 0.1) is 0 Å². The summed E-state index contributed by atoms with van der Waals surface area (Å²) in [6.45, 7) is 4.07. The van der Waals surface area contributed by atoms with Gasteiger partial charge in [0.2, 0.25) is 0 Å². The van der Waals surface area contributed by atoms with Crippen molar-refractivity contribution in [2.75, 3.05) is 19.8 Å². The normalized spacial score (nSPS) is 21.9. The molecule has 0 aromatic carbocycles. The van der Waals surface area contributed by atoms with Crippen molar-refractivity contribution in [2.45, 2.75) is 224 Å². The molecule has 0 amide bonds. The number of phosphoric acid groups is 1. The summed E-state index contributed by atoms with van der Waals surface area (Å²) in [5.74, 6) is -0.503. The molecule has 1 aliphatic rings. The quantitative estimate of drug-likeness (QED) is 0.0147. The fourth-order valence-corrected chi connectivity index (χ4v) is 8.30. The van der Waals surface area contributed by atoms with Crippen molar-refractivity contribution in [3.05, 3.63) is 97.2 Å². The molecule has 0 radical (unpaired) electrons. The minimum Gasteiger partial charge on any atom is -0.457 e. The Hall–Kier alpha value is -2.74. The Kier molecular flexibility index (Phi) is 41.1. The van der Waals surface area contributed by atoms with Gasteiger partial charge in [-0.2, -0.15) is 0 Å². The van der Waals surface area contributed by atoms with Crippen molar-refractivity contribution in [2.24, 2.45) is 0 Å². The van der Waals surface area contributed by atoms with Crippen LogP contribution in [0.25, 0.3) is 0 Å². The van der Waals surface area contributed by atoms with E-state index in [1.165, 1.54) is 44.9 Å². The minimum absolute atomic E-state index is 0.0979. The van der Waals surface area contributed by atoms with Gasteiger partial charge in [-0.1, -0.05) is 175 Å². The summed E-state index contributed by atoms with van der Waals surface area (Å²) >= 11 is 0. The zero-order valence-electron chi connectivity index (χ0n) is 41.9. The molecule has 0 heterocycles. The van der Waals surface area contributed by atoms with Gasteiger partial charge in [-0.05, 0) is 96.3 Å². The van der Waals surface area contributed by atoms with Crippen LogP contribution < -0.4 is 0 Å². The average molecular weight is 977 g/mol. The number of phosphoric ester groups is 1. The first kappa shape index (κ1) is 63.3. The number of allylic oxidation sites excluding steroid dienone is 16. The van der Waals surface area contributed by atoms with Crippen LogP contribution in [0.15, 0.2) is 97.2 Å². The van der Waals surface area contributed by atoms with Crippen molar-refractivity contribution in [1.82, 2.24) is 0 Å².